The zero-order chi connectivity index (χ0) is 36.5. The maximum absolute atomic E-state index is 12.7. The van der Waals surface area contributed by atoms with Gasteiger partial charge >= 0.3 is 12.1 Å². The van der Waals surface area contributed by atoms with Crippen molar-refractivity contribution in [1.82, 2.24) is 10.6 Å². The SMILES string of the molecule is CCC=CCC=CCC=CCC=CCC=CCCCC(=O)NCCCCC(NC(=O)Oc1ccc2oc(-c3ccccc3)cc(=O)c2c1)C(=O)O. The van der Waals surface area contributed by atoms with Crippen molar-refractivity contribution in [2.45, 2.75) is 83.6 Å². The molecule has 0 saturated heterocycles. The van der Waals surface area contributed by atoms with Crippen LogP contribution in [0.2, 0.25) is 0 Å². The zero-order valence-corrected chi connectivity index (χ0v) is 29.4. The van der Waals surface area contributed by atoms with Crippen LogP contribution in [-0.4, -0.2) is 35.7 Å². The first-order valence-electron chi connectivity index (χ1n) is 17.7. The molecule has 2 aromatic carbocycles. The second-order valence-electron chi connectivity index (χ2n) is 11.9. The van der Waals surface area contributed by atoms with E-state index in [1.807, 2.05) is 30.3 Å². The van der Waals surface area contributed by atoms with Crippen LogP contribution in [0.1, 0.15) is 77.6 Å². The predicted molar refractivity (Wildman–Crippen MR) is 204 cm³/mol. The fraction of sp³-hybridized carbons (Fsp3) is 0.333. The molecule has 0 spiro atoms. The summed E-state index contributed by atoms with van der Waals surface area (Å²) in [5.41, 5.74) is 0.781. The summed E-state index contributed by atoms with van der Waals surface area (Å²) < 4.78 is 11.1. The van der Waals surface area contributed by atoms with Crippen molar-refractivity contribution in [3.05, 3.63) is 126 Å². The number of aliphatic carboxylic acids is 1. The highest BCUT2D eigenvalue weighted by Crippen LogP contribution is 2.24. The fourth-order valence-electron chi connectivity index (χ4n) is 5.02. The van der Waals surface area contributed by atoms with E-state index in [4.69, 9.17) is 9.15 Å². The molecule has 1 aromatic heterocycles. The Kier molecular flexibility index (Phi) is 18.7. The third-order valence-corrected chi connectivity index (χ3v) is 7.73. The summed E-state index contributed by atoms with van der Waals surface area (Å²) in [5, 5.41) is 15.1. The van der Waals surface area contributed by atoms with Crippen LogP contribution in [-0.2, 0) is 9.59 Å². The van der Waals surface area contributed by atoms with Crippen molar-refractivity contribution in [1.29, 1.82) is 0 Å². The van der Waals surface area contributed by atoms with Gasteiger partial charge in [-0.15, -0.1) is 0 Å². The van der Waals surface area contributed by atoms with E-state index >= 15 is 0 Å². The van der Waals surface area contributed by atoms with Gasteiger partial charge in [0.15, 0.2) is 5.43 Å². The molecule has 0 saturated carbocycles. The number of unbranched alkanes of at least 4 members (excludes halogenated alkanes) is 2. The molecule has 1 unspecified atom stereocenters. The lowest BCUT2D eigenvalue weighted by molar-refractivity contribution is -0.139. The van der Waals surface area contributed by atoms with E-state index in [0.717, 1.165) is 50.5 Å². The summed E-state index contributed by atoms with van der Waals surface area (Å²) in [7, 11) is 0. The number of rotatable bonds is 22. The van der Waals surface area contributed by atoms with Gasteiger partial charge in [0.1, 0.15) is 23.1 Å². The molecule has 1 atom stereocenters. The maximum Gasteiger partial charge on any atom is 0.413 e. The Morgan fingerprint density at radius 1 is 0.804 bits per heavy atom. The summed E-state index contributed by atoms with van der Waals surface area (Å²) in [5.74, 6) is -0.744. The number of hydrogen-bond donors (Lipinski definition) is 3. The zero-order valence-electron chi connectivity index (χ0n) is 29.4. The molecule has 270 valence electrons. The molecular formula is C42H50N2O7. The Morgan fingerprint density at radius 2 is 1.45 bits per heavy atom. The van der Waals surface area contributed by atoms with Crippen LogP contribution < -0.4 is 20.8 Å². The first kappa shape index (κ1) is 40.0. The van der Waals surface area contributed by atoms with Crippen LogP contribution in [0.25, 0.3) is 22.3 Å². The summed E-state index contributed by atoms with van der Waals surface area (Å²) >= 11 is 0. The number of ether oxygens (including phenoxy) is 1. The second kappa shape index (κ2) is 23.8. The van der Waals surface area contributed by atoms with Gasteiger partial charge in [-0.2, -0.15) is 0 Å². The van der Waals surface area contributed by atoms with Crippen LogP contribution in [0.3, 0.4) is 0 Å². The lowest BCUT2D eigenvalue weighted by Crippen LogP contribution is -2.42. The average Bonchev–Trinajstić information content (AvgIpc) is 3.12. The van der Waals surface area contributed by atoms with E-state index in [1.165, 1.54) is 24.3 Å². The van der Waals surface area contributed by atoms with E-state index in [9.17, 15) is 24.3 Å². The van der Waals surface area contributed by atoms with Gasteiger partial charge in [0, 0.05) is 24.6 Å². The number of carboxylic acids is 1. The number of carbonyl (C=O) groups excluding carboxylic acids is 2. The normalized spacial score (nSPS) is 12.5. The second-order valence-corrected chi connectivity index (χ2v) is 11.9. The minimum Gasteiger partial charge on any atom is -0.480 e. The van der Waals surface area contributed by atoms with Crippen molar-refractivity contribution >= 4 is 28.9 Å². The molecule has 9 heteroatoms. The van der Waals surface area contributed by atoms with Crippen LogP contribution >= 0.6 is 0 Å². The smallest absolute Gasteiger partial charge is 0.413 e. The number of carbonyl (C=O) groups is 3. The van der Waals surface area contributed by atoms with Crippen molar-refractivity contribution < 1.29 is 28.6 Å². The van der Waals surface area contributed by atoms with Crippen molar-refractivity contribution in [2.24, 2.45) is 0 Å². The molecule has 9 nitrogen and oxygen atoms in total. The molecule has 0 radical (unpaired) electrons. The first-order chi connectivity index (χ1) is 24.9. The quantitative estimate of drug-likeness (QED) is 0.0705. The lowest BCUT2D eigenvalue weighted by atomic mass is 10.1. The van der Waals surface area contributed by atoms with E-state index in [2.05, 4.69) is 78.3 Å². The Labute approximate surface area is 300 Å². The Bertz CT molecular complexity index is 1730. The standard InChI is InChI=1S/C42H50N2O7/c1-2-3-4-5-6-7-8-9-10-11-12-13-14-15-16-17-21-27-40(46)43-30-23-22-26-36(41(47)48)44-42(49)50-34-28-29-38-35(31-34)37(45)32-39(51-38)33-24-19-18-20-25-33/h3-4,6-7,9-10,12-13,15-16,18-20,24-25,28-29,31-32,36H,2,5,8,11,14,17,21-23,26-27,30H2,1H3,(H,43,46)(H,44,49)(H,47,48). The van der Waals surface area contributed by atoms with Crippen LogP contribution in [0.15, 0.2) is 125 Å². The minimum absolute atomic E-state index is 0.0421. The third-order valence-electron chi connectivity index (χ3n) is 7.73. The van der Waals surface area contributed by atoms with Gasteiger partial charge in [-0.05, 0) is 82.4 Å². The van der Waals surface area contributed by atoms with Gasteiger partial charge < -0.3 is 24.9 Å². The number of allylic oxidation sites excluding steroid dienone is 10. The number of carboxylic acid groups (broad SMARTS) is 1. The van der Waals surface area contributed by atoms with Gasteiger partial charge in [0.05, 0.1) is 5.39 Å². The van der Waals surface area contributed by atoms with E-state index < -0.39 is 18.1 Å². The molecule has 2 amide bonds. The molecule has 3 rings (SSSR count). The largest absolute Gasteiger partial charge is 0.480 e. The third kappa shape index (κ3) is 16.2. The highest BCUT2D eigenvalue weighted by atomic mass is 16.6. The highest BCUT2D eigenvalue weighted by molar-refractivity contribution is 5.83. The Morgan fingerprint density at radius 3 is 2.10 bits per heavy atom. The number of hydrogen-bond acceptors (Lipinski definition) is 6. The average molecular weight is 695 g/mol. The Hall–Kier alpha value is -5.44. The van der Waals surface area contributed by atoms with Gasteiger partial charge in [0.25, 0.3) is 0 Å². The Balaban J connectivity index is 1.26. The molecule has 51 heavy (non-hydrogen) atoms. The van der Waals surface area contributed by atoms with Gasteiger partial charge in [0.2, 0.25) is 5.91 Å². The molecule has 0 aliphatic heterocycles. The molecule has 3 aromatic rings. The summed E-state index contributed by atoms with van der Waals surface area (Å²) in [6.45, 7) is 2.55. The summed E-state index contributed by atoms with van der Waals surface area (Å²) in [6.07, 6.45) is 28.6. The molecule has 3 N–H and O–H groups in total. The molecule has 0 aliphatic rings. The minimum atomic E-state index is -1.20. The van der Waals surface area contributed by atoms with E-state index in [1.54, 1.807) is 0 Å². The first-order valence-corrected chi connectivity index (χ1v) is 17.7. The van der Waals surface area contributed by atoms with Crippen molar-refractivity contribution in [3.8, 4) is 17.1 Å². The van der Waals surface area contributed by atoms with Crippen molar-refractivity contribution in [2.75, 3.05) is 6.54 Å². The molecular weight excluding hydrogens is 644 g/mol. The number of benzene rings is 2. The number of amides is 2. The molecule has 1 heterocycles. The van der Waals surface area contributed by atoms with Crippen LogP contribution in [0, 0.1) is 0 Å². The van der Waals surface area contributed by atoms with Gasteiger partial charge in [-0.25, -0.2) is 9.59 Å². The van der Waals surface area contributed by atoms with Gasteiger partial charge in [-0.1, -0.05) is 98.0 Å². The maximum atomic E-state index is 12.7. The van der Waals surface area contributed by atoms with Crippen LogP contribution in [0.4, 0.5) is 4.79 Å². The van der Waals surface area contributed by atoms with Crippen LogP contribution in [0.5, 0.6) is 5.75 Å². The summed E-state index contributed by atoms with van der Waals surface area (Å²) in [6, 6.07) is 13.8. The van der Waals surface area contributed by atoms with Gasteiger partial charge in [-0.3, -0.25) is 9.59 Å². The number of nitrogens with one attached hydrogen (secondary N) is 2. The lowest BCUT2D eigenvalue weighted by Gasteiger charge is -2.14. The topological polar surface area (TPSA) is 135 Å². The molecule has 0 aliphatic carbocycles. The molecule has 0 bridgehead atoms. The van der Waals surface area contributed by atoms with E-state index in [0.29, 0.717) is 37.2 Å². The number of fused-ring (bicyclic) bond motifs is 1. The van der Waals surface area contributed by atoms with E-state index in [-0.39, 0.29) is 28.9 Å². The fourth-order valence-corrected chi connectivity index (χ4v) is 5.02. The monoisotopic (exact) mass is 694 g/mol. The highest BCUT2D eigenvalue weighted by Gasteiger charge is 2.21. The molecule has 0 fully saturated rings. The van der Waals surface area contributed by atoms with Crippen molar-refractivity contribution in [3.63, 3.8) is 0 Å². The summed E-state index contributed by atoms with van der Waals surface area (Å²) in [4.78, 5) is 49.1. The predicted octanol–water partition coefficient (Wildman–Crippen LogP) is 9.21.